The second-order valence-electron chi connectivity index (χ2n) is 4.69. The van der Waals surface area contributed by atoms with Gasteiger partial charge in [-0.15, -0.1) is 0 Å². The normalized spacial score (nSPS) is 16.6. The topological polar surface area (TPSA) is 91.0 Å². The number of methoxy groups -OCH3 is 2. The van der Waals surface area contributed by atoms with Gasteiger partial charge in [0.15, 0.2) is 5.84 Å². The summed E-state index contributed by atoms with van der Waals surface area (Å²) in [7, 11) is 3.06. The molecule has 1 aliphatic rings. The van der Waals surface area contributed by atoms with Gasteiger partial charge in [0.2, 0.25) is 5.60 Å². The van der Waals surface area contributed by atoms with Gasteiger partial charge in [0.05, 0.1) is 13.2 Å². The van der Waals surface area contributed by atoms with Crippen LogP contribution in [0.5, 0.6) is 5.75 Å². The molecule has 20 heavy (non-hydrogen) atoms. The smallest absolute Gasteiger partial charge is 0.213 e. The fraction of sp³-hybridized carbons (Fsp3) is 0.462. The SMILES string of the molecule is COCC1(COC)Oc2ccc(C)cc2N(N=N)C1=N. The van der Waals surface area contributed by atoms with Gasteiger partial charge < -0.3 is 14.2 Å². The Morgan fingerprint density at radius 1 is 1.30 bits per heavy atom. The van der Waals surface area contributed by atoms with E-state index in [1.54, 1.807) is 6.07 Å². The van der Waals surface area contributed by atoms with Crippen molar-refractivity contribution < 1.29 is 14.2 Å². The standard InChI is InChI=1S/C13H18N4O3/c1-9-4-5-11-10(6-9)17(16-15)12(14)13(20-11,7-18-2)8-19-3/h4-6,14-15H,7-8H2,1-3H3. The van der Waals surface area contributed by atoms with Crippen LogP contribution in [0.4, 0.5) is 5.69 Å². The van der Waals surface area contributed by atoms with Crippen LogP contribution in [0, 0.1) is 17.9 Å². The molecule has 0 unspecified atom stereocenters. The van der Waals surface area contributed by atoms with E-state index in [1.807, 2.05) is 19.1 Å². The molecule has 0 atom stereocenters. The molecule has 0 saturated heterocycles. The van der Waals surface area contributed by atoms with Gasteiger partial charge in [0.1, 0.15) is 11.4 Å². The first-order valence-electron chi connectivity index (χ1n) is 6.12. The molecule has 0 aliphatic carbocycles. The minimum atomic E-state index is -1.10. The van der Waals surface area contributed by atoms with Crippen molar-refractivity contribution in [2.75, 3.05) is 32.4 Å². The van der Waals surface area contributed by atoms with Crippen molar-refractivity contribution in [3.63, 3.8) is 0 Å². The minimum Gasteiger partial charge on any atom is -0.472 e. The first kappa shape index (κ1) is 14.4. The molecule has 1 aromatic carbocycles. The van der Waals surface area contributed by atoms with Crippen molar-refractivity contribution in [1.29, 1.82) is 10.9 Å². The number of hydrogen-bond donors (Lipinski definition) is 2. The molecule has 2 N–H and O–H groups in total. The molecule has 7 heteroatoms. The first-order valence-corrected chi connectivity index (χ1v) is 6.12. The zero-order chi connectivity index (χ0) is 14.8. The summed E-state index contributed by atoms with van der Waals surface area (Å²) in [6.07, 6.45) is 0. The van der Waals surface area contributed by atoms with E-state index in [4.69, 9.17) is 25.2 Å². The number of nitrogens with one attached hydrogen (secondary N) is 2. The Balaban J connectivity index is 2.52. The fourth-order valence-electron chi connectivity index (χ4n) is 2.26. The Morgan fingerprint density at radius 3 is 2.50 bits per heavy atom. The minimum absolute atomic E-state index is 0.0225. The highest BCUT2D eigenvalue weighted by Gasteiger charge is 2.46. The van der Waals surface area contributed by atoms with Crippen LogP contribution in [0.1, 0.15) is 5.56 Å². The molecular formula is C13H18N4O3. The molecule has 0 spiro atoms. The molecule has 0 radical (unpaired) electrons. The zero-order valence-corrected chi connectivity index (χ0v) is 11.8. The molecule has 0 bridgehead atoms. The Morgan fingerprint density at radius 2 is 1.95 bits per heavy atom. The van der Waals surface area contributed by atoms with Crippen LogP contribution in [0.2, 0.25) is 0 Å². The summed E-state index contributed by atoms with van der Waals surface area (Å²) in [5.74, 6) is 0.575. The van der Waals surface area contributed by atoms with Gasteiger partial charge in [-0.05, 0) is 24.6 Å². The summed E-state index contributed by atoms with van der Waals surface area (Å²) in [5, 5.41) is 13.0. The number of ether oxygens (including phenoxy) is 3. The molecule has 2 rings (SSSR count). The summed E-state index contributed by atoms with van der Waals surface area (Å²) in [5.41, 5.74) is 7.82. The molecule has 1 heterocycles. The summed E-state index contributed by atoms with van der Waals surface area (Å²) in [4.78, 5) is 0. The van der Waals surface area contributed by atoms with E-state index in [0.717, 1.165) is 5.56 Å². The van der Waals surface area contributed by atoms with Crippen LogP contribution in [0.25, 0.3) is 0 Å². The maximum Gasteiger partial charge on any atom is 0.213 e. The Kier molecular flexibility index (Phi) is 4.01. The highest BCUT2D eigenvalue weighted by Crippen LogP contribution is 2.39. The number of anilines is 1. The number of rotatable bonds is 5. The second kappa shape index (κ2) is 5.56. The third-order valence-electron chi connectivity index (χ3n) is 3.15. The quantitative estimate of drug-likeness (QED) is 0.807. The molecule has 0 saturated carbocycles. The largest absolute Gasteiger partial charge is 0.472 e. The molecular weight excluding hydrogens is 260 g/mol. The van der Waals surface area contributed by atoms with E-state index in [9.17, 15) is 0 Å². The highest BCUT2D eigenvalue weighted by atomic mass is 16.6. The first-order chi connectivity index (χ1) is 9.57. The third kappa shape index (κ3) is 2.25. The van der Waals surface area contributed by atoms with Gasteiger partial charge in [-0.1, -0.05) is 11.3 Å². The maximum absolute atomic E-state index is 8.29. The van der Waals surface area contributed by atoms with Crippen molar-refractivity contribution in [2.24, 2.45) is 5.22 Å². The van der Waals surface area contributed by atoms with Crippen LogP contribution in [0.3, 0.4) is 0 Å². The predicted molar refractivity (Wildman–Crippen MR) is 73.6 cm³/mol. The van der Waals surface area contributed by atoms with E-state index >= 15 is 0 Å². The van der Waals surface area contributed by atoms with Gasteiger partial charge in [-0.25, -0.2) is 0 Å². The number of hydrogen-bond acceptors (Lipinski definition) is 6. The highest BCUT2D eigenvalue weighted by molar-refractivity contribution is 6.04. The number of fused-ring (bicyclic) bond motifs is 1. The van der Waals surface area contributed by atoms with Crippen LogP contribution in [-0.4, -0.2) is 38.9 Å². The lowest BCUT2D eigenvalue weighted by Gasteiger charge is -2.41. The van der Waals surface area contributed by atoms with Crippen LogP contribution < -0.4 is 9.75 Å². The van der Waals surface area contributed by atoms with Gasteiger partial charge >= 0.3 is 0 Å². The lowest BCUT2D eigenvalue weighted by atomic mass is 10.0. The van der Waals surface area contributed by atoms with E-state index < -0.39 is 5.60 Å². The average molecular weight is 278 g/mol. The third-order valence-corrected chi connectivity index (χ3v) is 3.15. The summed E-state index contributed by atoms with van der Waals surface area (Å²) >= 11 is 0. The van der Waals surface area contributed by atoms with Crippen molar-refractivity contribution in [3.8, 4) is 5.75 Å². The fourth-order valence-corrected chi connectivity index (χ4v) is 2.26. The van der Waals surface area contributed by atoms with E-state index in [-0.39, 0.29) is 19.0 Å². The molecule has 0 aromatic heterocycles. The van der Waals surface area contributed by atoms with Crippen LogP contribution in [0.15, 0.2) is 23.4 Å². The average Bonchev–Trinajstić information content (AvgIpc) is 2.42. The molecule has 1 aliphatic heterocycles. The maximum atomic E-state index is 8.29. The van der Waals surface area contributed by atoms with Crippen molar-refractivity contribution >= 4 is 11.5 Å². The Bertz CT molecular complexity index is 526. The Hall–Kier alpha value is -1.99. The van der Waals surface area contributed by atoms with Gasteiger partial charge in [0.25, 0.3) is 0 Å². The monoisotopic (exact) mass is 278 g/mol. The second-order valence-corrected chi connectivity index (χ2v) is 4.69. The molecule has 7 nitrogen and oxygen atoms in total. The summed E-state index contributed by atoms with van der Waals surface area (Å²) in [6, 6.07) is 5.53. The van der Waals surface area contributed by atoms with E-state index in [2.05, 4.69) is 5.22 Å². The lowest BCUT2D eigenvalue weighted by Crippen LogP contribution is -2.59. The van der Waals surface area contributed by atoms with Crippen LogP contribution >= 0.6 is 0 Å². The van der Waals surface area contributed by atoms with Crippen LogP contribution in [-0.2, 0) is 9.47 Å². The van der Waals surface area contributed by atoms with E-state index in [1.165, 1.54) is 19.2 Å². The molecule has 0 fully saturated rings. The molecule has 108 valence electrons. The van der Waals surface area contributed by atoms with E-state index in [0.29, 0.717) is 11.4 Å². The van der Waals surface area contributed by atoms with Gasteiger partial charge in [-0.3, -0.25) is 5.41 Å². The van der Waals surface area contributed by atoms with Crippen molar-refractivity contribution in [2.45, 2.75) is 12.5 Å². The number of amidine groups is 1. The Labute approximate surface area is 117 Å². The van der Waals surface area contributed by atoms with Crippen molar-refractivity contribution in [3.05, 3.63) is 23.8 Å². The molecule has 1 aromatic rings. The zero-order valence-electron chi connectivity index (χ0n) is 11.8. The van der Waals surface area contributed by atoms with Gasteiger partial charge in [-0.2, -0.15) is 10.5 Å². The number of nitrogens with zero attached hydrogens (tertiary/aromatic N) is 2. The molecule has 0 amide bonds. The summed E-state index contributed by atoms with van der Waals surface area (Å²) in [6.45, 7) is 2.20. The summed E-state index contributed by atoms with van der Waals surface area (Å²) < 4.78 is 16.3. The lowest BCUT2D eigenvalue weighted by molar-refractivity contribution is -0.0176. The van der Waals surface area contributed by atoms with Gasteiger partial charge in [0, 0.05) is 14.2 Å². The number of benzene rings is 1. The van der Waals surface area contributed by atoms with Crippen molar-refractivity contribution in [1.82, 2.24) is 0 Å². The predicted octanol–water partition coefficient (Wildman–Crippen LogP) is 2.15. The number of aryl methyl sites for hydroxylation is 1.